The van der Waals surface area contributed by atoms with E-state index in [9.17, 15) is 13.2 Å². The Morgan fingerprint density at radius 3 is 2.24 bits per heavy atom. The maximum absolute atomic E-state index is 12.9. The molecule has 0 aromatic heterocycles. The molecular formula is C18H24N2O4S. The summed E-state index contributed by atoms with van der Waals surface area (Å²) in [6.45, 7) is 0. The molecule has 0 aliphatic heterocycles. The second kappa shape index (κ2) is 5.99. The Labute approximate surface area is 148 Å². The topological polar surface area (TPSA) is 98.5 Å². The van der Waals surface area contributed by atoms with Crippen molar-refractivity contribution in [3.05, 3.63) is 18.2 Å². The number of amides is 1. The molecule has 4 saturated carbocycles. The summed E-state index contributed by atoms with van der Waals surface area (Å²) in [5.74, 6) is 2.81. The van der Waals surface area contributed by atoms with Crippen LogP contribution in [0.3, 0.4) is 0 Å². The second-order valence-corrected chi connectivity index (χ2v) is 9.39. The third-order valence-corrected chi connectivity index (χ3v) is 7.20. The van der Waals surface area contributed by atoms with Crippen LogP contribution in [0.4, 0.5) is 5.69 Å². The van der Waals surface area contributed by atoms with Crippen LogP contribution in [-0.4, -0.2) is 21.4 Å². The third-order valence-electron chi connectivity index (χ3n) is 6.27. The summed E-state index contributed by atoms with van der Waals surface area (Å²) in [5.41, 5.74) is 0.448. The molecular weight excluding hydrogens is 340 g/mol. The summed E-state index contributed by atoms with van der Waals surface area (Å²) in [4.78, 5) is 12.8. The lowest BCUT2D eigenvalue weighted by atomic mass is 9.51. The number of benzene rings is 1. The monoisotopic (exact) mass is 364 g/mol. The summed E-state index contributed by atoms with van der Waals surface area (Å²) in [6.07, 6.45) is 6.00. The Kier molecular flexibility index (Phi) is 4.03. The number of primary sulfonamides is 1. The maximum atomic E-state index is 12.9. The van der Waals surface area contributed by atoms with E-state index in [1.54, 1.807) is 6.07 Å². The fourth-order valence-electron chi connectivity index (χ4n) is 5.56. The van der Waals surface area contributed by atoms with E-state index in [2.05, 4.69) is 5.32 Å². The van der Waals surface area contributed by atoms with Gasteiger partial charge in [-0.2, -0.15) is 0 Å². The molecule has 7 heteroatoms. The van der Waals surface area contributed by atoms with Gasteiger partial charge in [-0.3, -0.25) is 4.79 Å². The van der Waals surface area contributed by atoms with E-state index >= 15 is 0 Å². The summed E-state index contributed by atoms with van der Waals surface area (Å²) in [5, 5.41) is 8.17. The molecule has 1 amide bonds. The molecule has 1 aromatic rings. The Bertz CT molecular complexity index is 777. The van der Waals surface area contributed by atoms with Gasteiger partial charge in [0.05, 0.1) is 7.11 Å². The fourth-order valence-corrected chi connectivity index (χ4v) is 6.28. The number of hydrogen-bond acceptors (Lipinski definition) is 4. The Morgan fingerprint density at radius 1 is 1.12 bits per heavy atom. The van der Waals surface area contributed by atoms with Crippen LogP contribution >= 0.6 is 0 Å². The van der Waals surface area contributed by atoms with E-state index in [0.717, 1.165) is 37.5 Å². The van der Waals surface area contributed by atoms with Crippen molar-refractivity contribution in [1.82, 2.24) is 0 Å². The molecule has 3 N–H and O–H groups in total. The highest BCUT2D eigenvalue weighted by molar-refractivity contribution is 7.89. The molecule has 0 spiro atoms. The van der Waals surface area contributed by atoms with Gasteiger partial charge in [-0.1, -0.05) is 0 Å². The lowest BCUT2D eigenvalue weighted by Gasteiger charge is -2.53. The van der Waals surface area contributed by atoms with Crippen LogP contribution in [0.5, 0.6) is 5.75 Å². The minimum atomic E-state index is -3.92. The van der Waals surface area contributed by atoms with Gasteiger partial charge in [0.1, 0.15) is 10.6 Å². The molecule has 25 heavy (non-hydrogen) atoms. The second-order valence-electron chi connectivity index (χ2n) is 7.86. The predicted molar refractivity (Wildman–Crippen MR) is 93.5 cm³/mol. The first-order valence-corrected chi connectivity index (χ1v) is 10.4. The highest BCUT2D eigenvalue weighted by Crippen LogP contribution is 2.56. The molecule has 4 fully saturated rings. The van der Waals surface area contributed by atoms with E-state index in [-0.39, 0.29) is 22.5 Å². The molecule has 0 unspecified atom stereocenters. The zero-order chi connectivity index (χ0) is 17.8. The number of nitrogens with one attached hydrogen (secondary N) is 1. The largest absolute Gasteiger partial charge is 0.495 e. The number of rotatable bonds is 4. The van der Waals surface area contributed by atoms with Gasteiger partial charge in [0, 0.05) is 11.6 Å². The van der Waals surface area contributed by atoms with Gasteiger partial charge >= 0.3 is 0 Å². The lowest BCUT2D eigenvalue weighted by Crippen LogP contribution is -2.49. The zero-order valence-electron chi connectivity index (χ0n) is 14.3. The van der Waals surface area contributed by atoms with Crippen molar-refractivity contribution in [2.24, 2.45) is 34.7 Å². The van der Waals surface area contributed by atoms with Crippen molar-refractivity contribution >= 4 is 21.6 Å². The molecule has 6 nitrogen and oxygen atoms in total. The lowest BCUT2D eigenvalue weighted by molar-refractivity contribution is -0.132. The van der Waals surface area contributed by atoms with Crippen molar-refractivity contribution in [2.45, 2.75) is 37.0 Å². The Morgan fingerprint density at radius 2 is 1.72 bits per heavy atom. The fraction of sp³-hybridized carbons (Fsp3) is 0.611. The van der Waals surface area contributed by atoms with Crippen LogP contribution in [0.1, 0.15) is 32.1 Å². The quantitative estimate of drug-likeness (QED) is 0.857. The highest BCUT2D eigenvalue weighted by Gasteiger charge is 2.50. The molecule has 4 aliphatic rings. The number of methoxy groups -OCH3 is 1. The normalized spacial score (nSPS) is 33.3. The average Bonchev–Trinajstić information content (AvgIpc) is 2.53. The van der Waals surface area contributed by atoms with Crippen LogP contribution in [0.25, 0.3) is 0 Å². The van der Waals surface area contributed by atoms with E-state index < -0.39 is 10.0 Å². The molecule has 4 aliphatic carbocycles. The van der Waals surface area contributed by atoms with Crippen LogP contribution in [0.2, 0.25) is 0 Å². The van der Waals surface area contributed by atoms with Gasteiger partial charge in [-0.25, -0.2) is 13.6 Å². The first kappa shape index (κ1) is 16.8. The summed E-state index contributed by atoms with van der Waals surface area (Å²) in [6, 6.07) is 4.55. The van der Waals surface area contributed by atoms with Gasteiger partial charge in [-0.05, 0) is 74.0 Å². The van der Waals surface area contributed by atoms with Crippen LogP contribution in [0, 0.1) is 29.6 Å². The molecule has 0 saturated heterocycles. The van der Waals surface area contributed by atoms with E-state index in [0.29, 0.717) is 17.5 Å². The number of ether oxygens (including phenoxy) is 1. The van der Waals surface area contributed by atoms with Gasteiger partial charge in [0.25, 0.3) is 0 Å². The van der Waals surface area contributed by atoms with Crippen molar-refractivity contribution in [3.8, 4) is 5.75 Å². The van der Waals surface area contributed by atoms with Crippen molar-refractivity contribution in [3.63, 3.8) is 0 Å². The van der Waals surface area contributed by atoms with Crippen LogP contribution < -0.4 is 15.2 Å². The third kappa shape index (κ3) is 3.04. The predicted octanol–water partition coefficient (Wildman–Crippen LogP) is 2.35. The summed E-state index contributed by atoms with van der Waals surface area (Å²) in [7, 11) is -2.54. The van der Waals surface area contributed by atoms with Gasteiger partial charge in [-0.15, -0.1) is 0 Å². The van der Waals surface area contributed by atoms with Gasteiger partial charge in [0.15, 0.2) is 0 Å². The van der Waals surface area contributed by atoms with E-state index in [1.165, 1.54) is 25.7 Å². The smallest absolute Gasteiger partial charge is 0.241 e. The highest BCUT2D eigenvalue weighted by atomic mass is 32.2. The van der Waals surface area contributed by atoms with Gasteiger partial charge in [0.2, 0.25) is 15.9 Å². The number of carbonyl (C=O) groups is 1. The Hall–Kier alpha value is -1.60. The number of nitrogens with two attached hydrogens (primary N) is 1. The maximum Gasteiger partial charge on any atom is 0.241 e. The molecule has 1 aromatic carbocycles. The zero-order valence-corrected chi connectivity index (χ0v) is 15.1. The number of anilines is 1. The molecule has 5 rings (SSSR count). The molecule has 0 atom stereocenters. The Balaban J connectivity index is 1.55. The summed E-state index contributed by atoms with van der Waals surface area (Å²) >= 11 is 0. The first-order chi connectivity index (χ1) is 11.8. The SMILES string of the molecule is COc1ccc(NC(=O)C2C3CC4CC(C3)CC2C4)cc1S(N)(=O)=O. The molecule has 0 heterocycles. The average molecular weight is 364 g/mol. The summed E-state index contributed by atoms with van der Waals surface area (Å²) < 4.78 is 28.5. The molecule has 4 bridgehead atoms. The first-order valence-electron chi connectivity index (χ1n) is 8.87. The van der Waals surface area contributed by atoms with Crippen molar-refractivity contribution in [1.29, 1.82) is 0 Å². The number of carbonyl (C=O) groups excluding carboxylic acids is 1. The van der Waals surface area contributed by atoms with Crippen LogP contribution in [0.15, 0.2) is 23.1 Å². The number of hydrogen-bond donors (Lipinski definition) is 2. The minimum Gasteiger partial charge on any atom is -0.495 e. The standard InChI is InChI=1S/C18H24N2O4S/c1-24-15-3-2-14(9-16(15)25(19,22)23)20-18(21)17-12-5-10-4-11(7-12)8-13(17)6-10/h2-3,9-13,17H,4-8H2,1H3,(H,20,21)(H2,19,22,23). The van der Waals surface area contributed by atoms with Crippen molar-refractivity contribution in [2.75, 3.05) is 12.4 Å². The molecule has 136 valence electrons. The molecule has 0 radical (unpaired) electrons. The minimum absolute atomic E-state index is 0.0133. The van der Waals surface area contributed by atoms with Crippen LogP contribution in [-0.2, 0) is 14.8 Å². The van der Waals surface area contributed by atoms with E-state index in [1.807, 2.05) is 0 Å². The number of sulfonamides is 1. The van der Waals surface area contributed by atoms with E-state index in [4.69, 9.17) is 9.88 Å². The van der Waals surface area contributed by atoms with Gasteiger partial charge < -0.3 is 10.1 Å². The van der Waals surface area contributed by atoms with Crippen molar-refractivity contribution < 1.29 is 17.9 Å².